The zero-order valence-corrected chi connectivity index (χ0v) is 17.8. The minimum absolute atomic E-state index is 0.117. The Kier molecular flexibility index (Phi) is 6.25. The Morgan fingerprint density at radius 1 is 1.07 bits per heavy atom. The molecule has 0 aliphatic rings. The summed E-state index contributed by atoms with van der Waals surface area (Å²) in [6, 6.07) is 14.4. The minimum Gasteiger partial charge on any atom is -0.332 e. The van der Waals surface area contributed by atoms with E-state index in [2.05, 4.69) is 10.4 Å². The summed E-state index contributed by atoms with van der Waals surface area (Å²) in [5.74, 6) is -0.614. The number of hydrogen-bond acceptors (Lipinski definition) is 3. The quantitative estimate of drug-likeness (QED) is 0.647. The molecule has 0 aliphatic carbocycles. The van der Waals surface area contributed by atoms with E-state index in [1.165, 1.54) is 4.90 Å². The molecule has 8 heteroatoms. The molecule has 0 spiro atoms. The lowest BCUT2D eigenvalue weighted by atomic mass is 10.1. The molecule has 3 rings (SSSR count). The van der Waals surface area contributed by atoms with E-state index in [0.29, 0.717) is 27.0 Å². The van der Waals surface area contributed by atoms with Gasteiger partial charge in [-0.1, -0.05) is 41.4 Å². The Morgan fingerprint density at radius 3 is 2.41 bits per heavy atom. The average Bonchev–Trinajstić information content (AvgIpc) is 2.99. The molecule has 29 heavy (non-hydrogen) atoms. The van der Waals surface area contributed by atoms with Gasteiger partial charge in [-0.3, -0.25) is 9.59 Å². The van der Waals surface area contributed by atoms with Crippen LogP contribution in [0.25, 0.3) is 5.69 Å². The van der Waals surface area contributed by atoms with Crippen LogP contribution in [0, 0.1) is 13.8 Å². The van der Waals surface area contributed by atoms with Gasteiger partial charge in [0.15, 0.2) is 0 Å². The van der Waals surface area contributed by atoms with Crippen LogP contribution in [-0.2, 0) is 4.79 Å². The third kappa shape index (κ3) is 4.60. The predicted octanol–water partition coefficient (Wildman–Crippen LogP) is 4.51. The molecular weight excluding hydrogens is 411 g/mol. The van der Waals surface area contributed by atoms with Gasteiger partial charge in [0.25, 0.3) is 5.91 Å². The molecule has 0 saturated heterocycles. The van der Waals surface area contributed by atoms with Gasteiger partial charge in [0.2, 0.25) is 5.91 Å². The number of nitrogens with one attached hydrogen (secondary N) is 1. The molecule has 0 unspecified atom stereocenters. The Labute approximate surface area is 179 Å². The van der Waals surface area contributed by atoms with E-state index >= 15 is 0 Å². The summed E-state index contributed by atoms with van der Waals surface area (Å²) in [7, 11) is 1.58. The van der Waals surface area contributed by atoms with Crippen molar-refractivity contribution in [2.75, 3.05) is 18.9 Å². The molecule has 2 aromatic carbocycles. The number of anilines is 1. The van der Waals surface area contributed by atoms with Gasteiger partial charge >= 0.3 is 0 Å². The smallest absolute Gasteiger partial charge is 0.257 e. The van der Waals surface area contributed by atoms with E-state index in [4.69, 9.17) is 23.2 Å². The first-order chi connectivity index (χ1) is 13.8. The third-order valence-corrected chi connectivity index (χ3v) is 5.18. The number of benzene rings is 2. The van der Waals surface area contributed by atoms with Crippen LogP contribution in [0.1, 0.15) is 21.7 Å². The van der Waals surface area contributed by atoms with Crippen molar-refractivity contribution >= 4 is 40.7 Å². The Hall–Kier alpha value is -2.83. The van der Waals surface area contributed by atoms with Crippen molar-refractivity contribution in [1.29, 1.82) is 0 Å². The van der Waals surface area contributed by atoms with Crippen LogP contribution in [0.3, 0.4) is 0 Å². The highest BCUT2D eigenvalue weighted by Crippen LogP contribution is 2.25. The van der Waals surface area contributed by atoms with Crippen LogP contribution >= 0.6 is 23.2 Å². The lowest BCUT2D eigenvalue weighted by molar-refractivity contribution is -0.116. The van der Waals surface area contributed by atoms with Crippen molar-refractivity contribution in [3.63, 3.8) is 0 Å². The number of halogens is 2. The fourth-order valence-electron chi connectivity index (χ4n) is 3.03. The molecule has 0 atom stereocenters. The second-order valence-corrected chi connectivity index (χ2v) is 7.45. The van der Waals surface area contributed by atoms with Gasteiger partial charge in [-0.15, -0.1) is 0 Å². The lowest BCUT2D eigenvalue weighted by Gasteiger charge is -2.17. The maximum Gasteiger partial charge on any atom is 0.257 e. The van der Waals surface area contributed by atoms with Crippen molar-refractivity contribution in [1.82, 2.24) is 14.7 Å². The summed E-state index contributed by atoms with van der Waals surface area (Å²) in [4.78, 5) is 26.7. The van der Waals surface area contributed by atoms with E-state index in [1.54, 1.807) is 36.9 Å². The van der Waals surface area contributed by atoms with Crippen LogP contribution in [0.4, 0.5) is 5.69 Å². The van der Waals surface area contributed by atoms with E-state index < -0.39 is 0 Å². The molecule has 150 valence electrons. The van der Waals surface area contributed by atoms with Gasteiger partial charge in [0, 0.05) is 12.7 Å². The molecule has 1 N–H and O–H groups in total. The number of likely N-dealkylation sites (N-methyl/N-ethyl adjacent to an activating group) is 1. The monoisotopic (exact) mass is 430 g/mol. The van der Waals surface area contributed by atoms with Crippen molar-refractivity contribution in [3.8, 4) is 5.69 Å². The molecule has 0 bridgehead atoms. The molecule has 0 radical (unpaired) electrons. The Morgan fingerprint density at radius 2 is 1.76 bits per heavy atom. The number of para-hydroxylation sites is 1. The normalized spacial score (nSPS) is 10.7. The lowest BCUT2D eigenvalue weighted by Crippen LogP contribution is -2.35. The first kappa shape index (κ1) is 20.9. The highest BCUT2D eigenvalue weighted by atomic mass is 35.5. The average molecular weight is 431 g/mol. The number of aromatic nitrogens is 2. The fourth-order valence-corrected chi connectivity index (χ4v) is 3.32. The SMILES string of the molecule is Cc1nn(-c2ccccc2)c(C)c1C(=O)N(C)CC(=O)Nc1ccc(Cl)c(Cl)c1. The minimum atomic E-state index is -0.343. The first-order valence-corrected chi connectivity index (χ1v) is 9.65. The van der Waals surface area contributed by atoms with Gasteiger partial charge in [-0.25, -0.2) is 4.68 Å². The van der Waals surface area contributed by atoms with Crippen LogP contribution in [0.5, 0.6) is 0 Å². The summed E-state index contributed by atoms with van der Waals surface area (Å²) in [5.41, 5.74) is 3.18. The van der Waals surface area contributed by atoms with Gasteiger partial charge in [0.05, 0.1) is 39.2 Å². The number of carbonyl (C=O) groups excluding carboxylic acids is 2. The van der Waals surface area contributed by atoms with Crippen LogP contribution in [-0.4, -0.2) is 40.1 Å². The zero-order valence-electron chi connectivity index (χ0n) is 16.2. The van der Waals surface area contributed by atoms with Gasteiger partial charge < -0.3 is 10.2 Å². The van der Waals surface area contributed by atoms with E-state index in [9.17, 15) is 9.59 Å². The molecule has 1 heterocycles. The Bertz CT molecular complexity index is 1060. The van der Waals surface area contributed by atoms with Crippen molar-refractivity contribution in [2.45, 2.75) is 13.8 Å². The molecule has 3 aromatic rings. The second kappa shape index (κ2) is 8.68. The molecule has 0 aliphatic heterocycles. The summed E-state index contributed by atoms with van der Waals surface area (Å²) in [6.07, 6.45) is 0. The standard InChI is InChI=1S/C21H20Cl2N4O2/c1-13-20(14(2)27(25-13)16-7-5-4-6-8-16)21(29)26(3)12-19(28)24-15-9-10-17(22)18(23)11-15/h4-11H,12H2,1-3H3,(H,24,28). The van der Waals surface area contributed by atoms with E-state index in [0.717, 1.165) is 11.4 Å². The highest BCUT2D eigenvalue weighted by molar-refractivity contribution is 6.42. The van der Waals surface area contributed by atoms with Crippen LogP contribution in [0.15, 0.2) is 48.5 Å². The summed E-state index contributed by atoms with van der Waals surface area (Å²) < 4.78 is 1.73. The maximum atomic E-state index is 13.0. The Balaban J connectivity index is 1.74. The van der Waals surface area contributed by atoms with E-state index in [1.807, 2.05) is 37.3 Å². The second-order valence-electron chi connectivity index (χ2n) is 6.63. The number of aryl methyl sites for hydroxylation is 1. The number of hydrogen-bond donors (Lipinski definition) is 1. The van der Waals surface area contributed by atoms with Gasteiger partial charge in [-0.2, -0.15) is 5.10 Å². The maximum absolute atomic E-state index is 13.0. The summed E-state index contributed by atoms with van der Waals surface area (Å²) >= 11 is 11.8. The number of carbonyl (C=O) groups is 2. The van der Waals surface area contributed by atoms with Crippen molar-refractivity contribution < 1.29 is 9.59 Å². The number of nitrogens with zero attached hydrogens (tertiary/aromatic N) is 3. The van der Waals surface area contributed by atoms with Gasteiger partial charge in [-0.05, 0) is 44.2 Å². The molecule has 0 saturated carbocycles. The summed E-state index contributed by atoms with van der Waals surface area (Å²) in [6.45, 7) is 3.50. The van der Waals surface area contributed by atoms with Crippen LogP contribution in [0.2, 0.25) is 10.0 Å². The number of amides is 2. The third-order valence-electron chi connectivity index (χ3n) is 4.44. The number of rotatable bonds is 5. The van der Waals surface area contributed by atoms with Gasteiger partial charge in [0.1, 0.15) is 0 Å². The van der Waals surface area contributed by atoms with E-state index in [-0.39, 0.29) is 18.4 Å². The largest absolute Gasteiger partial charge is 0.332 e. The first-order valence-electron chi connectivity index (χ1n) is 8.90. The summed E-state index contributed by atoms with van der Waals surface area (Å²) in [5, 5.41) is 7.94. The van der Waals surface area contributed by atoms with Crippen molar-refractivity contribution in [3.05, 3.63) is 75.5 Å². The molecule has 2 amide bonds. The molecule has 1 aromatic heterocycles. The zero-order chi connectivity index (χ0) is 21.1. The molecular formula is C21H20Cl2N4O2. The topological polar surface area (TPSA) is 67.2 Å². The fraction of sp³-hybridized carbons (Fsp3) is 0.190. The van der Waals surface area contributed by atoms with Crippen molar-refractivity contribution in [2.24, 2.45) is 0 Å². The molecule has 6 nitrogen and oxygen atoms in total. The highest BCUT2D eigenvalue weighted by Gasteiger charge is 2.23. The predicted molar refractivity (Wildman–Crippen MR) is 115 cm³/mol. The molecule has 0 fully saturated rings. The van der Waals surface area contributed by atoms with Crippen LogP contribution < -0.4 is 5.32 Å².